The molecule has 0 bridgehead atoms. The van der Waals surface area contributed by atoms with Crippen LogP contribution in [0.3, 0.4) is 0 Å². The number of aryl methyl sites for hydroxylation is 1. The molecule has 0 spiro atoms. The van der Waals surface area contributed by atoms with Gasteiger partial charge in [-0.05, 0) is 53.2 Å². The highest BCUT2D eigenvalue weighted by molar-refractivity contribution is 6.04. The summed E-state index contributed by atoms with van der Waals surface area (Å²) in [4.78, 5) is 37.3. The number of rotatable bonds is 5. The SMILES string of the molecule is Cc1nnnn1-c1cccc(NC(=O)c2ccc(CN3C(=O)CCC3=O)cc2)c1. The number of hydrogen-bond acceptors (Lipinski definition) is 6. The number of amides is 3. The van der Waals surface area contributed by atoms with Crippen molar-refractivity contribution in [3.05, 3.63) is 65.5 Å². The van der Waals surface area contributed by atoms with Gasteiger partial charge in [0.1, 0.15) is 0 Å². The standard InChI is InChI=1S/C20H18N6O3/c1-13-22-23-24-26(13)17-4-2-3-16(11-17)21-20(29)15-7-5-14(6-8-15)12-25-18(27)9-10-19(25)28/h2-8,11H,9-10,12H2,1H3,(H,21,29). The summed E-state index contributed by atoms with van der Waals surface area (Å²) in [5.41, 5.74) is 2.61. The number of anilines is 1. The Labute approximate surface area is 166 Å². The molecule has 9 heteroatoms. The number of benzene rings is 2. The number of aromatic nitrogens is 4. The van der Waals surface area contributed by atoms with Gasteiger partial charge in [-0.15, -0.1) is 5.10 Å². The predicted molar refractivity (Wildman–Crippen MR) is 103 cm³/mol. The normalized spacial score (nSPS) is 13.8. The van der Waals surface area contributed by atoms with Crippen molar-refractivity contribution < 1.29 is 14.4 Å². The van der Waals surface area contributed by atoms with Crippen molar-refractivity contribution in [3.63, 3.8) is 0 Å². The Morgan fingerprint density at radius 2 is 1.79 bits per heavy atom. The van der Waals surface area contributed by atoms with Crippen LogP contribution in [0.25, 0.3) is 5.69 Å². The molecular weight excluding hydrogens is 372 g/mol. The highest BCUT2D eigenvalue weighted by Crippen LogP contribution is 2.18. The molecule has 1 aromatic heterocycles. The third kappa shape index (κ3) is 3.88. The van der Waals surface area contributed by atoms with E-state index in [0.29, 0.717) is 17.1 Å². The van der Waals surface area contributed by atoms with Gasteiger partial charge in [0.2, 0.25) is 11.8 Å². The second-order valence-corrected chi connectivity index (χ2v) is 6.71. The average Bonchev–Trinajstić information content (AvgIpc) is 3.29. The van der Waals surface area contributed by atoms with Crippen LogP contribution in [0.1, 0.15) is 34.6 Å². The first kappa shape index (κ1) is 18.5. The second kappa shape index (κ2) is 7.63. The third-order valence-corrected chi connectivity index (χ3v) is 4.69. The highest BCUT2D eigenvalue weighted by Gasteiger charge is 2.28. The largest absolute Gasteiger partial charge is 0.322 e. The summed E-state index contributed by atoms with van der Waals surface area (Å²) in [6.07, 6.45) is 0.533. The first-order chi connectivity index (χ1) is 14.0. The molecular formula is C20H18N6O3. The maximum absolute atomic E-state index is 12.6. The smallest absolute Gasteiger partial charge is 0.255 e. The van der Waals surface area contributed by atoms with E-state index in [1.807, 2.05) is 6.07 Å². The summed E-state index contributed by atoms with van der Waals surface area (Å²) in [7, 11) is 0. The van der Waals surface area contributed by atoms with Crippen LogP contribution < -0.4 is 5.32 Å². The Hall–Kier alpha value is -3.88. The minimum Gasteiger partial charge on any atom is -0.322 e. The fourth-order valence-corrected chi connectivity index (χ4v) is 3.13. The summed E-state index contributed by atoms with van der Waals surface area (Å²) < 4.78 is 1.57. The summed E-state index contributed by atoms with van der Waals surface area (Å²) >= 11 is 0. The molecule has 0 atom stereocenters. The van der Waals surface area contributed by atoms with Crippen LogP contribution in [-0.4, -0.2) is 42.8 Å². The fraction of sp³-hybridized carbons (Fsp3) is 0.200. The van der Waals surface area contributed by atoms with Gasteiger partial charge in [0.15, 0.2) is 5.82 Å². The molecule has 1 aliphatic rings. The number of carbonyl (C=O) groups is 3. The number of hydrogen-bond donors (Lipinski definition) is 1. The van der Waals surface area contributed by atoms with Gasteiger partial charge in [-0.1, -0.05) is 18.2 Å². The van der Waals surface area contributed by atoms with Gasteiger partial charge in [-0.25, -0.2) is 0 Å². The average molecular weight is 390 g/mol. The van der Waals surface area contributed by atoms with Crippen molar-refractivity contribution in [3.8, 4) is 5.69 Å². The Kier molecular flexibility index (Phi) is 4.86. The van der Waals surface area contributed by atoms with Gasteiger partial charge in [-0.2, -0.15) is 4.68 Å². The lowest BCUT2D eigenvalue weighted by atomic mass is 10.1. The van der Waals surface area contributed by atoms with E-state index >= 15 is 0 Å². The maximum Gasteiger partial charge on any atom is 0.255 e. The van der Waals surface area contributed by atoms with Gasteiger partial charge in [0, 0.05) is 24.1 Å². The summed E-state index contributed by atoms with van der Waals surface area (Å²) in [5, 5.41) is 14.2. The second-order valence-electron chi connectivity index (χ2n) is 6.71. The van der Waals surface area contributed by atoms with E-state index < -0.39 is 0 Å². The molecule has 9 nitrogen and oxygen atoms in total. The number of imide groups is 1. The van der Waals surface area contributed by atoms with Crippen molar-refractivity contribution in [2.24, 2.45) is 0 Å². The molecule has 3 amide bonds. The lowest BCUT2D eigenvalue weighted by Gasteiger charge is -2.14. The number of carbonyl (C=O) groups excluding carboxylic acids is 3. The molecule has 2 aromatic carbocycles. The molecule has 0 aliphatic carbocycles. The minimum atomic E-state index is -0.268. The van der Waals surface area contributed by atoms with Crippen LogP contribution in [0.4, 0.5) is 5.69 Å². The number of likely N-dealkylation sites (tertiary alicyclic amines) is 1. The van der Waals surface area contributed by atoms with Crippen LogP contribution in [-0.2, 0) is 16.1 Å². The molecule has 2 heterocycles. The molecule has 1 fully saturated rings. The maximum atomic E-state index is 12.6. The molecule has 29 heavy (non-hydrogen) atoms. The van der Waals surface area contributed by atoms with E-state index in [0.717, 1.165) is 11.3 Å². The topological polar surface area (TPSA) is 110 Å². The third-order valence-electron chi connectivity index (χ3n) is 4.69. The van der Waals surface area contributed by atoms with Gasteiger partial charge >= 0.3 is 0 Å². The monoisotopic (exact) mass is 390 g/mol. The van der Waals surface area contributed by atoms with Crippen LogP contribution in [0.15, 0.2) is 48.5 Å². The van der Waals surface area contributed by atoms with E-state index in [1.54, 1.807) is 54.1 Å². The fourth-order valence-electron chi connectivity index (χ4n) is 3.13. The molecule has 1 saturated heterocycles. The van der Waals surface area contributed by atoms with Crippen molar-refractivity contribution in [1.82, 2.24) is 25.1 Å². The molecule has 0 radical (unpaired) electrons. The van der Waals surface area contributed by atoms with E-state index in [2.05, 4.69) is 20.8 Å². The molecule has 1 N–H and O–H groups in total. The van der Waals surface area contributed by atoms with Gasteiger partial charge in [-0.3, -0.25) is 19.3 Å². The minimum absolute atomic E-state index is 0.158. The van der Waals surface area contributed by atoms with Crippen molar-refractivity contribution in [2.45, 2.75) is 26.3 Å². The Morgan fingerprint density at radius 3 is 2.45 bits per heavy atom. The first-order valence-electron chi connectivity index (χ1n) is 9.10. The number of tetrazole rings is 1. The zero-order valence-corrected chi connectivity index (χ0v) is 15.7. The van der Waals surface area contributed by atoms with E-state index in [1.165, 1.54) is 4.90 Å². The predicted octanol–water partition coefficient (Wildman–Crippen LogP) is 1.87. The number of nitrogens with one attached hydrogen (secondary N) is 1. The van der Waals surface area contributed by atoms with Gasteiger partial charge < -0.3 is 5.32 Å². The van der Waals surface area contributed by atoms with E-state index in [4.69, 9.17) is 0 Å². The Bertz CT molecular complexity index is 1070. The van der Waals surface area contributed by atoms with Crippen LogP contribution in [0.5, 0.6) is 0 Å². The van der Waals surface area contributed by atoms with E-state index in [-0.39, 0.29) is 37.1 Å². The molecule has 0 unspecified atom stereocenters. The summed E-state index contributed by atoms with van der Waals surface area (Å²) in [6.45, 7) is 2.02. The molecule has 146 valence electrons. The van der Waals surface area contributed by atoms with Crippen LogP contribution in [0, 0.1) is 6.92 Å². The summed E-state index contributed by atoms with van der Waals surface area (Å²) in [6, 6.07) is 14.0. The lowest BCUT2D eigenvalue weighted by Crippen LogP contribution is -2.28. The van der Waals surface area contributed by atoms with Crippen LogP contribution >= 0.6 is 0 Å². The highest BCUT2D eigenvalue weighted by atomic mass is 16.2. The van der Waals surface area contributed by atoms with E-state index in [9.17, 15) is 14.4 Å². The quantitative estimate of drug-likeness (QED) is 0.666. The zero-order chi connectivity index (χ0) is 20.4. The molecule has 4 rings (SSSR count). The first-order valence-corrected chi connectivity index (χ1v) is 9.10. The van der Waals surface area contributed by atoms with Crippen LogP contribution in [0.2, 0.25) is 0 Å². The van der Waals surface area contributed by atoms with Crippen molar-refractivity contribution in [1.29, 1.82) is 0 Å². The van der Waals surface area contributed by atoms with Crippen molar-refractivity contribution >= 4 is 23.4 Å². The van der Waals surface area contributed by atoms with Gasteiger partial charge in [0.25, 0.3) is 5.91 Å². The lowest BCUT2D eigenvalue weighted by molar-refractivity contribution is -0.139. The Balaban J connectivity index is 1.44. The summed E-state index contributed by atoms with van der Waals surface area (Å²) in [5.74, 6) is 0.0542. The van der Waals surface area contributed by atoms with Crippen molar-refractivity contribution in [2.75, 3.05) is 5.32 Å². The Morgan fingerprint density at radius 1 is 1.07 bits per heavy atom. The molecule has 0 saturated carbocycles. The zero-order valence-electron chi connectivity index (χ0n) is 15.7. The molecule has 3 aromatic rings. The van der Waals surface area contributed by atoms with Gasteiger partial charge in [0.05, 0.1) is 12.2 Å². The number of nitrogens with zero attached hydrogens (tertiary/aromatic N) is 5. The molecule has 1 aliphatic heterocycles.